The van der Waals surface area contributed by atoms with Gasteiger partial charge in [0.25, 0.3) is 0 Å². The number of fused-ring (bicyclic) bond motifs is 1. The third kappa shape index (κ3) is 3.02. The van der Waals surface area contributed by atoms with Gasteiger partial charge in [-0.3, -0.25) is 4.90 Å². The number of benzene rings is 2. The molecule has 1 aliphatic heterocycles. The van der Waals surface area contributed by atoms with Crippen molar-refractivity contribution in [2.24, 2.45) is 7.05 Å². The Morgan fingerprint density at radius 3 is 2.54 bits per heavy atom. The number of aromatic nitrogens is 1. The van der Waals surface area contributed by atoms with Crippen molar-refractivity contribution in [3.05, 3.63) is 71.4 Å². The average Bonchev–Trinajstić information content (AvgIpc) is 2.92. The molecule has 0 unspecified atom stereocenters. The van der Waals surface area contributed by atoms with Crippen LogP contribution < -0.4 is 0 Å². The smallest absolute Gasteiger partial charge is 0.129 e. The van der Waals surface area contributed by atoms with Crippen LogP contribution in [0.4, 0.5) is 8.78 Å². The SMILES string of the molecule is Cn1cc(CN2CCC(O)(c3ccccc3F)CC2)c2cc(F)ccc21. The minimum absolute atomic E-state index is 0.238. The Morgan fingerprint density at radius 1 is 1.08 bits per heavy atom. The zero-order valence-corrected chi connectivity index (χ0v) is 14.8. The van der Waals surface area contributed by atoms with Gasteiger partial charge in [-0.1, -0.05) is 18.2 Å². The van der Waals surface area contributed by atoms with Crippen LogP contribution in [-0.4, -0.2) is 27.7 Å². The number of likely N-dealkylation sites (tertiary alicyclic amines) is 1. The summed E-state index contributed by atoms with van der Waals surface area (Å²) in [6.45, 7) is 2.02. The monoisotopic (exact) mass is 356 g/mol. The van der Waals surface area contributed by atoms with E-state index in [0.29, 0.717) is 38.0 Å². The molecule has 1 N–H and O–H groups in total. The van der Waals surface area contributed by atoms with Gasteiger partial charge in [0.2, 0.25) is 0 Å². The van der Waals surface area contributed by atoms with E-state index < -0.39 is 5.60 Å². The van der Waals surface area contributed by atoms with Crippen LogP contribution in [0, 0.1) is 11.6 Å². The minimum atomic E-state index is -1.12. The fourth-order valence-electron chi connectivity index (χ4n) is 4.00. The molecule has 0 saturated carbocycles. The fraction of sp³-hybridized carbons (Fsp3) is 0.333. The van der Waals surface area contributed by atoms with Gasteiger partial charge < -0.3 is 9.67 Å². The normalized spacial score (nSPS) is 17.7. The van der Waals surface area contributed by atoms with Gasteiger partial charge in [-0.15, -0.1) is 0 Å². The first-order chi connectivity index (χ1) is 12.5. The molecule has 1 saturated heterocycles. The van der Waals surface area contributed by atoms with E-state index in [1.165, 1.54) is 12.1 Å². The Balaban J connectivity index is 1.51. The number of hydrogen-bond donors (Lipinski definition) is 1. The second-order valence-electron chi connectivity index (χ2n) is 7.21. The van der Waals surface area contributed by atoms with Crippen molar-refractivity contribution in [3.8, 4) is 0 Å². The van der Waals surface area contributed by atoms with Crippen molar-refractivity contribution in [1.29, 1.82) is 0 Å². The van der Waals surface area contributed by atoms with Crippen molar-refractivity contribution in [2.75, 3.05) is 13.1 Å². The number of nitrogens with zero attached hydrogens (tertiary/aromatic N) is 2. The molecule has 0 radical (unpaired) electrons. The summed E-state index contributed by atoms with van der Waals surface area (Å²) in [6, 6.07) is 11.3. The molecule has 0 amide bonds. The molecular weight excluding hydrogens is 334 g/mol. The molecule has 0 spiro atoms. The zero-order valence-electron chi connectivity index (χ0n) is 14.8. The van der Waals surface area contributed by atoms with Crippen LogP contribution in [0.15, 0.2) is 48.7 Å². The maximum Gasteiger partial charge on any atom is 0.129 e. The van der Waals surface area contributed by atoms with Crippen molar-refractivity contribution in [1.82, 2.24) is 9.47 Å². The lowest BCUT2D eigenvalue weighted by Gasteiger charge is -2.38. The quantitative estimate of drug-likeness (QED) is 0.770. The fourth-order valence-corrected chi connectivity index (χ4v) is 4.00. The highest BCUT2D eigenvalue weighted by molar-refractivity contribution is 5.84. The van der Waals surface area contributed by atoms with Crippen LogP contribution in [0.5, 0.6) is 0 Å². The Bertz CT molecular complexity index is 942. The summed E-state index contributed by atoms with van der Waals surface area (Å²) in [5.74, 6) is -0.592. The first-order valence-electron chi connectivity index (χ1n) is 8.89. The second-order valence-corrected chi connectivity index (χ2v) is 7.21. The molecule has 26 heavy (non-hydrogen) atoms. The van der Waals surface area contributed by atoms with Crippen molar-refractivity contribution < 1.29 is 13.9 Å². The molecule has 4 rings (SSSR count). The summed E-state index contributed by atoms with van der Waals surface area (Å²) in [5.41, 5.74) is 1.33. The van der Waals surface area contributed by atoms with Crippen molar-refractivity contribution in [2.45, 2.75) is 25.0 Å². The molecule has 0 aliphatic carbocycles. The molecule has 136 valence electrons. The number of halogens is 2. The van der Waals surface area contributed by atoms with Gasteiger partial charge in [-0.25, -0.2) is 8.78 Å². The molecule has 2 heterocycles. The molecule has 0 bridgehead atoms. The molecule has 1 aromatic heterocycles. The number of rotatable bonds is 3. The number of aryl methyl sites for hydroxylation is 1. The third-order valence-electron chi connectivity index (χ3n) is 5.49. The Hall–Kier alpha value is -2.24. The number of aliphatic hydroxyl groups is 1. The lowest BCUT2D eigenvalue weighted by atomic mass is 9.84. The minimum Gasteiger partial charge on any atom is -0.385 e. The predicted molar refractivity (Wildman–Crippen MR) is 97.7 cm³/mol. The molecule has 3 nitrogen and oxygen atoms in total. The highest BCUT2D eigenvalue weighted by Crippen LogP contribution is 2.35. The second kappa shape index (κ2) is 6.49. The van der Waals surface area contributed by atoms with Gasteiger partial charge in [-0.05, 0) is 42.7 Å². The van der Waals surface area contributed by atoms with Crippen LogP contribution in [-0.2, 0) is 19.2 Å². The molecule has 2 aromatic carbocycles. The van der Waals surface area contributed by atoms with Crippen LogP contribution in [0.3, 0.4) is 0 Å². The van der Waals surface area contributed by atoms with Crippen LogP contribution in [0.1, 0.15) is 24.0 Å². The Labute approximate surface area is 151 Å². The number of hydrogen-bond acceptors (Lipinski definition) is 2. The van der Waals surface area contributed by atoms with E-state index in [9.17, 15) is 13.9 Å². The Kier molecular flexibility index (Phi) is 4.29. The summed E-state index contributed by atoms with van der Waals surface area (Å²) >= 11 is 0. The molecule has 1 aliphatic rings. The van der Waals surface area contributed by atoms with E-state index in [-0.39, 0.29) is 11.6 Å². The van der Waals surface area contributed by atoms with Crippen LogP contribution in [0.2, 0.25) is 0 Å². The standard InChI is InChI=1S/C21H22F2N2O/c1-24-13-15(17-12-16(22)6-7-20(17)24)14-25-10-8-21(26,9-11-25)18-4-2-3-5-19(18)23/h2-7,12-13,26H,8-11,14H2,1H3. The predicted octanol–water partition coefficient (Wildman–Crippen LogP) is 3.94. The lowest BCUT2D eigenvalue weighted by Crippen LogP contribution is -2.42. The maximum absolute atomic E-state index is 14.1. The van der Waals surface area contributed by atoms with Crippen molar-refractivity contribution in [3.63, 3.8) is 0 Å². The van der Waals surface area contributed by atoms with E-state index in [2.05, 4.69) is 4.90 Å². The van der Waals surface area contributed by atoms with Gasteiger partial charge in [0.15, 0.2) is 0 Å². The summed E-state index contributed by atoms with van der Waals surface area (Å²) in [4.78, 5) is 2.23. The van der Waals surface area contributed by atoms with Gasteiger partial charge in [-0.2, -0.15) is 0 Å². The first kappa shape index (κ1) is 17.2. The van der Waals surface area contributed by atoms with Gasteiger partial charge in [0.05, 0.1) is 5.60 Å². The average molecular weight is 356 g/mol. The van der Waals surface area contributed by atoms with Gasteiger partial charge in [0.1, 0.15) is 11.6 Å². The lowest BCUT2D eigenvalue weighted by molar-refractivity contribution is -0.0301. The summed E-state index contributed by atoms with van der Waals surface area (Å²) < 4.78 is 29.7. The first-order valence-corrected chi connectivity index (χ1v) is 8.89. The summed E-state index contributed by atoms with van der Waals surface area (Å²) in [6.07, 6.45) is 2.99. The van der Waals surface area contributed by atoms with Crippen molar-refractivity contribution >= 4 is 10.9 Å². The van der Waals surface area contributed by atoms with Gasteiger partial charge >= 0.3 is 0 Å². The zero-order chi connectivity index (χ0) is 18.3. The summed E-state index contributed by atoms with van der Waals surface area (Å²) in [5, 5.41) is 11.8. The maximum atomic E-state index is 14.1. The molecule has 3 aromatic rings. The largest absolute Gasteiger partial charge is 0.385 e. The third-order valence-corrected chi connectivity index (χ3v) is 5.49. The van der Waals surface area contributed by atoms with Crippen LogP contribution >= 0.6 is 0 Å². The highest BCUT2D eigenvalue weighted by atomic mass is 19.1. The van der Waals surface area contributed by atoms with E-state index in [1.54, 1.807) is 30.3 Å². The molecule has 1 fully saturated rings. The topological polar surface area (TPSA) is 28.4 Å². The number of piperidine rings is 1. The molecule has 5 heteroatoms. The molecule has 0 atom stereocenters. The van der Waals surface area contributed by atoms with E-state index in [0.717, 1.165) is 16.5 Å². The Morgan fingerprint density at radius 2 is 1.81 bits per heavy atom. The highest BCUT2D eigenvalue weighted by Gasteiger charge is 2.36. The van der Waals surface area contributed by atoms with E-state index in [1.807, 2.05) is 17.8 Å². The van der Waals surface area contributed by atoms with Gasteiger partial charge in [0, 0.05) is 49.3 Å². The van der Waals surface area contributed by atoms with E-state index >= 15 is 0 Å². The van der Waals surface area contributed by atoms with E-state index in [4.69, 9.17) is 0 Å². The summed E-state index contributed by atoms with van der Waals surface area (Å²) in [7, 11) is 1.96. The van der Waals surface area contributed by atoms with Crippen LogP contribution in [0.25, 0.3) is 10.9 Å². The molecular formula is C21H22F2N2O.